The molecule has 0 aliphatic carbocycles. The normalized spacial score (nSPS) is 13.3. The highest BCUT2D eigenvalue weighted by Gasteiger charge is 1.93. The van der Waals surface area contributed by atoms with E-state index in [0.29, 0.717) is 0 Å². The first-order valence-corrected chi connectivity index (χ1v) is 6.65. The third kappa shape index (κ3) is 3.24. The fourth-order valence-corrected chi connectivity index (χ4v) is 2.43. The van der Waals surface area contributed by atoms with Crippen LogP contribution in [0.25, 0.3) is 12.2 Å². The molecule has 0 aliphatic heterocycles. The zero-order valence-corrected chi connectivity index (χ0v) is 10.9. The van der Waals surface area contributed by atoms with Crippen molar-refractivity contribution in [2.24, 2.45) is 0 Å². The first-order valence-electron chi connectivity index (χ1n) is 5.66. The molecular formula is C14H16N2S. The molecule has 0 bridgehead atoms. The molecule has 17 heavy (non-hydrogen) atoms. The summed E-state index contributed by atoms with van der Waals surface area (Å²) in [4.78, 5) is 8.97. The number of aromatic nitrogens is 2. The second-order valence-electron chi connectivity index (χ2n) is 3.74. The second kappa shape index (κ2) is 5.73. The number of H-pyrrole nitrogens is 1. The largest absolute Gasteiger partial charge is 0.342 e. The first-order chi connectivity index (χ1) is 8.29. The first kappa shape index (κ1) is 12.0. The molecule has 1 heterocycles. The van der Waals surface area contributed by atoms with Gasteiger partial charge in [-0.3, -0.25) is 0 Å². The van der Waals surface area contributed by atoms with E-state index in [-0.39, 0.29) is 0 Å². The van der Waals surface area contributed by atoms with Crippen molar-refractivity contribution in [2.45, 2.75) is 18.7 Å². The SMILES string of the molecule is C/C=c1/nc(C)[nH]/c1=C/CSc1ccccc1. The predicted molar refractivity (Wildman–Crippen MR) is 74.3 cm³/mol. The fraction of sp³-hybridized carbons (Fsp3) is 0.214. The Bertz CT molecular complexity index is 584. The quantitative estimate of drug-likeness (QED) is 0.838. The number of rotatable bonds is 3. The van der Waals surface area contributed by atoms with Crippen molar-refractivity contribution in [3.63, 3.8) is 0 Å². The summed E-state index contributed by atoms with van der Waals surface area (Å²) in [7, 11) is 0. The van der Waals surface area contributed by atoms with Gasteiger partial charge in [0.2, 0.25) is 0 Å². The van der Waals surface area contributed by atoms with Crippen LogP contribution in [-0.2, 0) is 0 Å². The Labute approximate surface area is 105 Å². The van der Waals surface area contributed by atoms with E-state index in [4.69, 9.17) is 0 Å². The van der Waals surface area contributed by atoms with E-state index < -0.39 is 0 Å². The lowest BCUT2D eigenvalue weighted by atomic mass is 10.4. The maximum atomic E-state index is 4.40. The summed E-state index contributed by atoms with van der Waals surface area (Å²) in [6, 6.07) is 10.4. The predicted octanol–water partition coefficient (Wildman–Crippen LogP) is 2.09. The van der Waals surface area contributed by atoms with Crippen molar-refractivity contribution < 1.29 is 0 Å². The third-order valence-corrected chi connectivity index (χ3v) is 3.37. The van der Waals surface area contributed by atoms with Crippen LogP contribution in [0, 0.1) is 6.92 Å². The lowest BCUT2D eigenvalue weighted by Crippen LogP contribution is -2.24. The van der Waals surface area contributed by atoms with E-state index in [1.807, 2.05) is 37.8 Å². The summed E-state index contributed by atoms with van der Waals surface area (Å²) in [5, 5.41) is 2.16. The summed E-state index contributed by atoms with van der Waals surface area (Å²) in [5.74, 6) is 1.92. The number of hydrogen-bond acceptors (Lipinski definition) is 2. The Morgan fingerprint density at radius 2 is 2.06 bits per heavy atom. The Morgan fingerprint density at radius 1 is 1.29 bits per heavy atom. The summed E-state index contributed by atoms with van der Waals surface area (Å²) in [5.41, 5.74) is 0. The number of thioether (sulfide) groups is 1. The Morgan fingerprint density at radius 3 is 2.76 bits per heavy atom. The number of hydrogen-bond donors (Lipinski definition) is 1. The molecule has 0 aliphatic rings. The van der Waals surface area contributed by atoms with E-state index in [1.165, 1.54) is 4.90 Å². The maximum Gasteiger partial charge on any atom is 0.104 e. The maximum absolute atomic E-state index is 4.40. The average Bonchev–Trinajstić information content (AvgIpc) is 2.71. The van der Waals surface area contributed by atoms with E-state index in [0.717, 1.165) is 22.3 Å². The van der Waals surface area contributed by atoms with Crippen LogP contribution in [0.15, 0.2) is 35.2 Å². The van der Waals surface area contributed by atoms with Crippen molar-refractivity contribution >= 4 is 23.9 Å². The minimum atomic E-state index is 0.951. The highest BCUT2D eigenvalue weighted by Crippen LogP contribution is 2.16. The summed E-state index contributed by atoms with van der Waals surface area (Å²) in [6.45, 7) is 3.99. The monoisotopic (exact) mass is 244 g/mol. The molecule has 0 atom stereocenters. The summed E-state index contributed by atoms with van der Waals surface area (Å²) in [6.07, 6.45) is 4.22. The standard InChI is InChI=1S/C14H16N2S/c1-3-13-14(16-11(2)15-13)9-10-17-12-7-5-4-6-8-12/h3-9H,10H2,1-2H3,(H,15,16)/b13-3+,14-9+. The van der Waals surface area contributed by atoms with Crippen LogP contribution < -0.4 is 10.7 Å². The molecule has 1 aromatic heterocycles. The van der Waals surface area contributed by atoms with Crippen LogP contribution in [0.5, 0.6) is 0 Å². The number of aryl methyl sites for hydroxylation is 1. The number of benzene rings is 1. The van der Waals surface area contributed by atoms with E-state index in [1.54, 1.807) is 0 Å². The lowest BCUT2D eigenvalue weighted by Gasteiger charge is -1.95. The Hall–Kier alpha value is -1.48. The second-order valence-corrected chi connectivity index (χ2v) is 4.83. The third-order valence-electron chi connectivity index (χ3n) is 2.43. The minimum Gasteiger partial charge on any atom is -0.342 e. The summed E-state index contributed by atoms with van der Waals surface area (Å²) < 4.78 is 0. The van der Waals surface area contributed by atoms with E-state index in [2.05, 4.69) is 40.3 Å². The van der Waals surface area contributed by atoms with Gasteiger partial charge in [0.05, 0.1) is 10.7 Å². The molecule has 0 fully saturated rings. The minimum absolute atomic E-state index is 0.951. The lowest BCUT2D eigenvalue weighted by molar-refractivity contribution is 1.13. The van der Waals surface area contributed by atoms with Gasteiger partial charge in [-0.2, -0.15) is 0 Å². The molecule has 2 rings (SSSR count). The van der Waals surface area contributed by atoms with Crippen LogP contribution in [-0.4, -0.2) is 15.7 Å². The molecule has 2 nitrogen and oxygen atoms in total. The van der Waals surface area contributed by atoms with Gasteiger partial charge in [-0.1, -0.05) is 24.3 Å². The van der Waals surface area contributed by atoms with Gasteiger partial charge in [0, 0.05) is 10.6 Å². The molecule has 0 amide bonds. The Kier molecular flexibility index (Phi) is 4.04. The molecule has 0 radical (unpaired) electrons. The van der Waals surface area contributed by atoms with Crippen molar-refractivity contribution in [3.05, 3.63) is 46.9 Å². The van der Waals surface area contributed by atoms with E-state index >= 15 is 0 Å². The smallest absolute Gasteiger partial charge is 0.104 e. The van der Waals surface area contributed by atoms with Crippen LogP contribution in [0.1, 0.15) is 12.7 Å². The number of imidazole rings is 1. The topological polar surface area (TPSA) is 28.7 Å². The molecular weight excluding hydrogens is 228 g/mol. The number of nitrogens with zero attached hydrogens (tertiary/aromatic N) is 1. The zero-order chi connectivity index (χ0) is 12.1. The van der Waals surface area contributed by atoms with Crippen molar-refractivity contribution in [3.8, 4) is 0 Å². The molecule has 0 unspecified atom stereocenters. The van der Waals surface area contributed by atoms with Crippen molar-refractivity contribution in [2.75, 3.05) is 5.75 Å². The van der Waals surface area contributed by atoms with Gasteiger partial charge in [-0.15, -0.1) is 11.8 Å². The Balaban J connectivity index is 2.11. The molecule has 3 heteroatoms. The fourth-order valence-electron chi connectivity index (χ4n) is 1.64. The van der Waals surface area contributed by atoms with Crippen LogP contribution in [0.3, 0.4) is 0 Å². The van der Waals surface area contributed by atoms with Crippen LogP contribution >= 0.6 is 11.8 Å². The zero-order valence-electron chi connectivity index (χ0n) is 10.1. The molecule has 0 saturated carbocycles. The molecule has 2 aromatic rings. The molecule has 0 spiro atoms. The average molecular weight is 244 g/mol. The van der Waals surface area contributed by atoms with Gasteiger partial charge in [0.25, 0.3) is 0 Å². The molecule has 1 aromatic carbocycles. The van der Waals surface area contributed by atoms with Gasteiger partial charge in [-0.05, 0) is 32.1 Å². The van der Waals surface area contributed by atoms with Gasteiger partial charge in [-0.25, -0.2) is 4.98 Å². The number of nitrogens with one attached hydrogen (secondary N) is 1. The highest BCUT2D eigenvalue weighted by molar-refractivity contribution is 7.99. The summed E-state index contributed by atoms with van der Waals surface area (Å²) >= 11 is 1.83. The van der Waals surface area contributed by atoms with Gasteiger partial charge < -0.3 is 4.98 Å². The van der Waals surface area contributed by atoms with Crippen molar-refractivity contribution in [1.82, 2.24) is 9.97 Å². The number of aromatic amines is 1. The molecule has 1 N–H and O–H groups in total. The van der Waals surface area contributed by atoms with Gasteiger partial charge >= 0.3 is 0 Å². The van der Waals surface area contributed by atoms with Gasteiger partial charge in [0.15, 0.2) is 0 Å². The highest BCUT2D eigenvalue weighted by atomic mass is 32.2. The molecule has 0 saturated heterocycles. The van der Waals surface area contributed by atoms with E-state index in [9.17, 15) is 0 Å². The molecule has 88 valence electrons. The van der Waals surface area contributed by atoms with Crippen molar-refractivity contribution in [1.29, 1.82) is 0 Å². The van der Waals surface area contributed by atoms with Crippen LogP contribution in [0.2, 0.25) is 0 Å². The van der Waals surface area contributed by atoms with Crippen LogP contribution in [0.4, 0.5) is 0 Å². The van der Waals surface area contributed by atoms with Gasteiger partial charge in [0.1, 0.15) is 5.82 Å².